The zero-order valence-electron chi connectivity index (χ0n) is 15.5. The van der Waals surface area contributed by atoms with E-state index in [2.05, 4.69) is 9.88 Å². The lowest BCUT2D eigenvalue weighted by Crippen LogP contribution is -2.49. The third-order valence-corrected chi connectivity index (χ3v) is 7.26. The van der Waals surface area contributed by atoms with Gasteiger partial charge < -0.3 is 4.90 Å². The van der Waals surface area contributed by atoms with Crippen LogP contribution in [0.15, 0.2) is 29.2 Å². The van der Waals surface area contributed by atoms with E-state index in [1.54, 1.807) is 16.7 Å². The molecule has 1 aliphatic heterocycles. The predicted molar refractivity (Wildman–Crippen MR) is 108 cm³/mol. The number of aryl methyl sites for hydroxylation is 1. The summed E-state index contributed by atoms with van der Waals surface area (Å²) < 4.78 is 1.58. The van der Waals surface area contributed by atoms with E-state index in [9.17, 15) is 9.59 Å². The molecule has 6 heteroatoms. The zero-order valence-corrected chi connectivity index (χ0v) is 16.3. The second-order valence-electron chi connectivity index (χ2n) is 7.88. The number of carbonyl (C=O) groups is 1. The Kier molecular flexibility index (Phi) is 4.04. The molecule has 0 spiro atoms. The lowest BCUT2D eigenvalue weighted by Gasteiger charge is -2.44. The summed E-state index contributed by atoms with van der Waals surface area (Å²) in [5.74, 6) is 0.736. The van der Waals surface area contributed by atoms with Crippen LogP contribution in [0.3, 0.4) is 0 Å². The number of nitrogens with zero attached hydrogens (tertiary/aromatic N) is 3. The molecule has 0 aromatic carbocycles. The molecule has 2 aliphatic rings. The van der Waals surface area contributed by atoms with Gasteiger partial charge in [-0.2, -0.15) is 0 Å². The van der Waals surface area contributed by atoms with Gasteiger partial charge in [0, 0.05) is 18.8 Å². The maximum atomic E-state index is 13.3. The maximum Gasteiger partial charge on any atom is 0.266 e. The molecule has 27 heavy (non-hydrogen) atoms. The van der Waals surface area contributed by atoms with Gasteiger partial charge in [-0.3, -0.25) is 14.0 Å². The van der Waals surface area contributed by atoms with Gasteiger partial charge in [0.2, 0.25) is 0 Å². The van der Waals surface area contributed by atoms with Crippen molar-refractivity contribution < 1.29 is 4.79 Å². The molecule has 140 valence electrons. The van der Waals surface area contributed by atoms with Gasteiger partial charge in [-0.25, -0.2) is 4.98 Å². The van der Waals surface area contributed by atoms with Crippen molar-refractivity contribution in [3.63, 3.8) is 0 Å². The molecule has 3 aromatic heterocycles. The first-order valence-electron chi connectivity index (χ1n) is 9.86. The number of carbonyl (C=O) groups excluding carboxylic acids is 1. The quantitative estimate of drug-likeness (QED) is 0.640. The average molecular weight is 382 g/mol. The fraction of sp³-hybridized carbons (Fsp3) is 0.476. The highest BCUT2D eigenvalue weighted by Crippen LogP contribution is 2.36. The fourth-order valence-electron chi connectivity index (χ4n) is 4.88. The second kappa shape index (κ2) is 6.44. The van der Waals surface area contributed by atoms with Gasteiger partial charge in [0.15, 0.2) is 0 Å². The molecule has 5 rings (SSSR count). The molecule has 0 N–H and O–H groups in total. The van der Waals surface area contributed by atoms with Gasteiger partial charge in [0.05, 0.1) is 10.3 Å². The van der Waals surface area contributed by atoms with Gasteiger partial charge >= 0.3 is 0 Å². The first kappa shape index (κ1) is 16.9. The first-order valence-corrected chi connectivity index (χ1v) is 10.7. The Balaban J connectivity index is 1.57. The van der Waals surface area contributed by atoms with Crippen molar-refractivity contribution in [3.8, 4) is 0 Å². The number of rotatable bonds is 1. The van der Waals surface area contributed by atoms with E-state index in [-0.39, 0.29) is 11.5 Å². The number of hydrogen-bond donors (Lipinski definition) is 0. The fourth-order valence-corrected chi connectivity index (χ4v) is 5.86. The highest BCUT2D eigenvalue weighted by Gasteiger charge is 2.36. The summed E-state index contributed by atoms with van der Waals surface area (Å²) in [5, 5.41) is 0.545. The van der Waals surface area contributed by atoms with Gasteiger partial charge in [-0.1, -0.05) is 18.9 Å². The zero-order chi connectivity index (χ0) is 18.5. The van der Waals surface area contributed by atoms with Crippen LogP contribution in [0.25, 0.3) is 15.9 Å². The Labute approximate surface area is 161 Å². The minimum atomic E-state index is -0.0943. The van der Waals surface area contributed by atoms with Crippen LogP contribution < -0.4 is 5.56 Å². The number of likely N-dealkylation sites (tertiary alicyclic amines) is 1. The lowest BCUT2D eigenvalue weighted by atomic mass is 9.78. The SMILES string of the molecule is Cc1cccn2c(=O)c3cc(C(=O)N4CCC[C@@H]5CCCC[C@@H]54)sc3nc12. The summed E-state index contributed by atoms with van der Waals surface area (Å²) in [6, 6.07) is 5.94. The Bertz CT molecular complexity index is 1100. The van der Waals surface area contributed by atoms with Crippen molar-refractivity contribution in [1.82, 2.24) is 14.3 Å². The summed E-state index contributed by atoms with van der Waals surface area (Å²) >= 11 is 1.36. The van der Waals surface area contributed by atoms with Crippen molar-refractivity contribution in [1.29, 1.82) is 0 Å². The van der Waals surface area contributed by atoms with Gasteiger partial charge in [0.25, 0.3) is 11.5 Å². The monoisotopic (exact) mass is 381 g/mol. The number of pyridine rings is 1. The molecular weight excluding hydrogens is 358 g/mol. The molecule has 2 fully saturated rings. The van der Waals surface area contributed by atoms with Crippen molar-refractivity contribution in [3.05, 3.63) is 45.2 Å². The molecule has 0 unspecified atom stereocenters. The van der Waals surface area contributed by atoms with Crippen molar-refractivity contribution >= 4 is 33.1 Å². The second-order valence-corrected chi connectivity index (χ2v) is 8.91. The lowest BCUT2D eigenvalue weighted by molar-refractivity contribution is 0.0395. The van der Waals surface area contributed by atoms with E-state index in [4.69, 9.17) is 0 Å². The molecule has 1 aliphatic carbocycles. The van der Waals surface area contributed by atoms with Crippen LogP contribution in [0.5, 0.6) is 0 Å². The number of thiophene rings is 1. The van der Waals surface area contributed by atoms with Crippen LogP contribution >= 0.6 is 11.3 Å². The molecule has 5 nitrogen and oxygen atoms in total. The molecule has 3 aromatic rings. The number of aromatic nitrogens is 2. The minimum absolute atomic E-state index is 0.0831. The largest absolute Gasteiger partial charge is 0.335 e. The van der Waals surface area contributed by atoms with E-state index in [0.717, 1.165) is 24.9 Å². The van der Waals surface area contributed by atoms with E-state index in [0.29, 0.717) is 32.7 Å². The number of amides is 1. The van der Waals surface area contributed by atoms with Crippen molar-refractivity contribution in [2.45, 2.75) is 51.5 Å². The van der Waals surface area contributed by atoms with Crippen LogP contribution in [0.4, 0.5) is 0 Å². The van der Waals surface area contributed by atoms with Gasteiger partial charge in [0.1, 0.15) is 10.5 Å². The molecule has 4 heterocycles. The van der Waals surface area contributed by atoms with Crippen molar-refractivity contribution in [2.75, 3.05) is 6.54 Å². The first-order chi connectivity index (χ1) is 13.1. The Morgan fingerprint density at radius 3 is 2.93 bits per heavy atom. The van der Waals surface area contributed by atoms with Crippen LogP contribution in [0, 0.1) is 12.8 Å². The molecule has 2 atom stereocenters. The average Bonchev–Trinajstić information content (AvgIpc) is 3.13. The summed E-state index contributed by atoms with van der Waals surface area (Å²) in [4.78, 5) is 34.3. The number of hydrogen-bond acceptors (Lipinski definition) is 4. The normalized spacial score (nSPS) is 22.9. The summed E-state index contributed by atoms with van der Waals surface area (Å²) in [5.41, 5.74) is 1.53. The van der Waals surface area contributed by atoms with E-state index in [1.165, 1.54) is 37.0 Å². The van der Waals surface area contributed by atoms with E-state index < -0.39 is 0 Å². The summed E-state index contributed by atoms with van der Waals surface area (Å²) in [6.07, 6.45) is 8.94. The number of piperidine rings is 1. The predicted octanol–water partition coefficient (Wildman–Crippen LogP) is 4.01. The molecule has 1 saturated carbocycles. The standard InChI is InChI=1S/C21H23N3O2S/c1-13-6-4-11-24-18(13)22-19-15(20(24)25)12-17(27-19)21(26)23-10-5-8-14-7-2-3-9-16(14)23/h4,6,11-12,14,16H,2-3,5,7-10H2,1H3/t14-,16-/m0/s1. The molecule has 1 saturated heterocycles. The summed E-state index contributed by atoms with van der Waals surface area (Å²) in [7, 11) is 0. The maximum absolute atomic E-state index is 13.3. The van der Waals surface area contributed by atoms with Gasteiger partial charge in [-0.05, 0) is 56.2 Å². The third kappa shape index (κ3) is 2.69. The molecule has 0 radical (unpaired) electrons. The van der Waals surface area contributed by atoms with Crippen LogP contribution in [0.2, 0.25) is 0 Å². The summed E-state index contributed by atoms with van der Waals surface area (Å²) in [6.45, 7) is 2.78. The molecule has 1 amide bonds. The van der Waals surface area contributed by atoms with Crippen LogP contribution in [-0.2, 0) is 0 Å². The van der Waals surface area contributed by atoms with Crippen LogP contribution in [0.1, 0.15) is 53.8 Å². The molecule has 0 bridgehead atoms. The Hall–Kier alpha value is -2.21. The van der Waals surface area contributed by atoms with Gasteiger partial charge in [-0.15, -0.1) is 11.3 Å². The highest BCUT2D eigenvalue weighted by atomic mass is 32.1. The highest BCUT2D eigenvalue weighted by molar-refractivity contribution is 7.20. The van der Waals surface area contributed by atoms with Crippen molar-refractivity contribution in [2.24, 2.45) is 5.92 Å². The molecular formula is C21H23N3O2S. The topological polar surface area (TPSA) is 54.7 Å². The van der Waals surface area contributed by atoms with E-state index in [1.807, 2.05) is 19.1 Å². The minimum Gasteiger partial charge on any atom is -0.335 e. The Morgan fingerprint density at radius 2 is 2.04 bits per heavy atom. The number of fused-ring (bicyclic) bond motifs is 3. The third-order valence-electron chi connectivity index (χ3n) is 6.25. The Morgan fingerprint density at radius 1 is 1.22 bits per heavy atom. The van der Waals surface area contributed by atoms with E-state index >= 15 is 0 Å². The van der Waals surface area contributed by atoms with Crippen LogP contribution in [-0.4, -0.2) is 32.8 Å². The smallest absolute Gasteiger partial charge is 0.266 e.